The molecule has 0 radical (unpaired) electrons. The molecular formula is C31H39NO3. The van der Waals surface area contributed by atoms with Gasteiger partial charge in [0.25, 0.3) is 0 Å². The molecule has 0 N–H and O–H groups in total. The van der Waals surface area contributed by atoms with Crippen molar-refractivity contribution < 1.29 is 14.2 Å². The Kier molecular flexibility index (Phi) is 7.15. The van der Waals surface area contributed by atoms with E-state index in [-0.39, 0.29) is 5.54 Å². The smallest absolute Gasteiger partial charge is 0.171 e. The van der Waals surface area contributed by atoms with Gasteiger partial charge >= 0.3 is 0 Å². The molecule has 1 saturated carbocycles. The maximum Gasteiger partial charge on any atom is 0.171 e. The van der Waals surface area contributed by atoms with Crippen molar-refractivity contribution in [1.29, 1.82) is 0 Å². The van der Waals surface area contributed by atoms with Crippen LogP contribution in [0.4, 0.5) is 0 Å². The summed E-state index contributed by atoms with van der Waals surface area (Å²) >= 11 is 0. The van der Waals surface area contributed by atoms with Gasteiger partial charge in [-0.3, -0.25) is 4.90 Å². The predicted molar refractivity (Wildman–Crippen MR) is 142 cm³/mol. The third kappa shape index (κ3) is 4.48. The van der Waals surface area contributed by atoms with Gasteiger partial charge in [-0.1, -0.05) is 73.5 Å². The standard InChI is InChI=1S/C31H39NO3/c1-4-33-27-23-30(32(2)3,22-26-18-12-7-13-19-31(26)34-20-21-35-31)29(25-16-10-6-11-17-25)28(27)24-14-8-5-9-15-24/h5-6,8-11,14-17,23,26H,4,7,12-13,18-22H2,1-3H3. The lowest BCUT2D eigenvalue weighted by atomic mass is 9.74. The highest BCUT2D eigenvalue weighted by molar-refractivity contribution is 6.05. The average Bonchev–Trinajstić information content (AvgIpc) is 3.42. The fourth-order valence-corrected chi connectivity index (χ4v) is 6.40. The highest BCUT2D eigenvalue weighted by Gasteiger charge is 2.52. The van der Waals surface area contributed by atoms with Gasteiger partial charge in [0.05, 0.1) is 25.4 Å². The second kappa shape index (κ2) is 10.3. The Labute approximate surface area is 210 Å². The molecule has 2 fully saturated rings. The van der Waals surface area contributed by atoms with Crippen LogP contribution in [0.1, 0.15) is 56.6 Å². The molecule has 2 atom stereocenters. The molecule has 4 nitrogen and oxygen atoms in total. The Morgan fingerprint density at radius 1 is 0.886 bits per heavy atom. The van der Waals surface area contributed by atoms with E-state index in [4.69, 9.17) is 14.2 Å². The molecule has 1 heterocycles. The minimum absolute atomic E-state index is 0.308. The highest BCUT2D eigenvalue weighted by Crippen LogP contribution is 2.54. The molecule has 1 saturated heterocycles. The fraction of sp³-hybridized carbons (Fsp3) is 0.484. The van der Waals surface area contributed by atoms with E-state index >= 15 is 0 Å². The Morgan fingerprint density at radius 2 is 1.54 bits per heavy atom. The molecule has 35 heavy (non-hydrogen) atoms. The second-order valence-electron chi connectivity index (χ2n) is 10.3. The van der Waals surface area contributed by atoms with Gasteiger partial charge < -0.3 is 14.2 Å². The molecule has 1 aliphatic heterocycles. The van der Waals surface area contributed by atoms with Gasteiger partial charge in [-0.2, -0.15) is 0 Å². The van der Waals surface area contributed by atoms with Gasteiger partial charge in [-0.25, -0.2) is 0 Å². The number of hydrogen-bond donors (Lipinski definition) is 0. The lowest BCUT2D eigenvalue weighted by Crippen LogP contribution is -2.49. The third-order valence-electron chi connectivity index (χ3n) is 8.06. The van der Waals surface area contributed by atoms with E-state index in [1.165, 1.54) is 41.5 Å². The van der Waals surface area contributed by atoms with Crippen molar-refractivity contribution in [2.75, 3.05) is 33.9 Å². The lowest BCUT2D eigenvalue weighted by molar-refractivity contribution is -0.203. The number of hydrogen-bond acceptors (Lipinski definition) is 4. The van der Waals surface area contributed by atoms with E-state index in [9.17, 15) is 0 Å². The summed E-state index contributed by atoms with van der Waals surface area (Å²) in [4.78, 5) is 2.39. The summed E-state index contributed by atoms with van der Waals surface area (Å²) in [7, 11) is 4.41. The van der Waals surface area contributed by atoms with Gasteiger partial charge in [0.1, 0.15) is 5.76 Å². The summed E-state index contributed by atoms with van der Waals surface area (Å²) in [5.74, 6) is 0.821. The number of likely N-dealkylation sites (N-methyl/N-ethyl adjacent to an activating group) is 1. The maximum atomic E-state index is 6.43. The Bertz CT molecular complexity index is 1050. The zero-order chi connectivity index (χ0) is 24.3. The molecule has 2 aliphatic carbocycles. The largest absolute Gasteiger partial charge is 0.493 e. The number of ether oxygens (including phenoxy) is 3. The van der Waals surface area contributed by atoms with E-state index < -0.39 is 5.79 Å². The fourth-order valence-electron chi connectivity index (χ4n) is 6.40. The minimum Gasteiger partial charge on any atom is -0.493 e. The van der Waals surface area contributed by atoms with Crippen molar-refractivity contribution in [1.82, 2.24) is 4.90 Å². The first-order valence-corrected chi connectivity index (χ1v) is 13.3. The van der Waals surface area contributed by atoms with Gasteiger partial charge in [0.2, 0.25) is 0 Å². The zero-order valence-corrected chi connectivity index (χ0v) is 21.5. The zero-order valence-electron chi connectivity index (χ0n) is 21.5. The van der Waals surface area contributed by atoms with Crippen LogP contribution < -0.4 is 0 Å². The Hall–Kier alpha value is -2.40. The molecule has 1 spiro atoms. The lowest BCUT2D eigenvalue weighted by Gasteiger charge is -2.44. The van der Waals surface area contributed by atoms with Crippen LogP contribution in [0.3, 0.4) is 0 Å². The SMILES string of the molecule is CCOC1=CC(CC2CCCCCC23OCCO3)(N(C)C)C(c2ccccc2)=C1c1ccccc1. The van der Waals surface area contributed by atoms with Crippen LogP contribution in [0, 0.1) is 5.92 Å². The summed E-state index contributed by atoms with van der Waals surface area (Å²) in [5, 5.41) is 0. The summed E-state index contributed by atoms with van der Waals surface area (Å²) in [6.07, 6.45) is 9.06. The first kappa shape index (κ1) is 24.3. The van der Waals surface area contributed by atoms with Crippen LogP contribution in [0.5, 0.6) is 0 Å². The van der Waals surface area contributed by atoms with Crippen LogP contribution in [0.2, 0.25) is 0 Å². The molecule has 0 bridgehead atoms. The molecule has 2 unspecified atom stereocenters. The first-order valence-electron chi connectivity index (χ1n) is 13.3. The van der Waals surface area contributed by atoms with Crippen LogP contribution in [-0.4, -0.2) is 50.1 Å². The van der Waals surface area contributed by atoms with Crippen molar-refractivity contribution in [2.24, 2.45) is 5.92 Å². The van der Waals surface area contributed by atoms with Crippen LogP contribution in [0.25, 0.3) is 11.1 Å². The average molecular weight is 474 g/mol. The van der Waals surface area contributed by atoms with E-state index in [0.29, 0.717) is 25.7 Å². The molecule has 3 aliphatic rings. The third-order valence-corrected chi connectivity index (χ3v) is 8.06. The molecule has 2 aromatic carbocycles. The molecule has 5 rings (SSSR count). The van der Waals surface area contributed by atoms with Gasteiger partial charge in [0, 0.05) is 17.9 Å². The molecular weight excluding hydrogens is 434 g/mol. The van der Waals surface area contributed by atoms with Crippen LogP contribution in [0.15, 0.2) is 72.5 Å². The van der Waals surface area contributed by atoms with Crippen molar-refractivity contribution in [3.63, 3.8) is 0 Å². The summed E-state index contributed by atoms with van der Waals surface area (Å²) < 4.78 is 19.2. The normalized spacial score (nSPS) is 26.3. The first-order chi connectivity index (χ1) is 17.1. The predicted octanol–water partition coefficient (Wildman–Crippen LogP) is 6.55. The number of benzene rings is 2. The van der Waals surface area contributed by atoms with E-state index in [1.54, 1.807) is 0 Å². The van der Waals surface area contributed by atoms with Crippen molar-refractivity contribution in [3.8, 4) is 0 Å². The Balaban J connectivity index is 1.70. The summed E-state index contributed by atoms with van der Waals surface area (Å²) in [6.45, 7) is 4.10. The summed E-state index contributed by atoms with van der Waals surface area (Å²) in [5.41, 5.74) is 4.60. The van der Waals surface area contributed by atoms with Crippen LogP contribution in [-0.2, 0) is 14.2 Å². The Morgan fingerprint density at radius 3 is 2.17 bits per heavy atom. The molecule has 2 aromatic rings. The van der Waals surface area contributed by atoms with Gasteiger partial charge in [-0.15, -0.1) is 0 Å². The minimum atomic E-state index is -0.462. The van der Waals surface area contributed by atoms with Gasteiger partial charge in [0.15, 0.2) is 5.79 Å². The summed E-state index contributed by atoms with van der Waals surface area (Å²) in [6, 6.07) is 21.6. The quantitative estimate of drug-likeness (QED) is 0.457. The topological polar surface area (TPSA) is 30.9 Å². The second-order valence-corrected chi connectivity index (χ2v) is 10.3. The molecule has 4 heteroatoms. The van der Waals surface area contributed by atoms with Crippen molar-refractivity contribution >= 4 is 11.1 Å². The maximum absolute atomic E-state index is 6.43. The number of nitrogens with zero attached hydrogens (tertiary/aromatic N) is 1. The molecule has 0 amide bonds. The monoisotopic (exact) mass is 473 g/mol. The van der Waals surface area contributed by atoms with Gasteiger partial charge in [-0.05, 0) is 63.1 Å². The molecule has 0 aromatic heterocycles. The van der Waals surface area contributed by atoms with E-state index in [2.05, 4.69) is 92.7 Å². The van der Waals surface area contributed by atoms with E-state index in [1.807, 2.05) is 0 Å². The van der Waals surface area contributed by atoms with Crippen molar-refractivity contribution in [2.45, 2.75) is 56.8 Å². The number of allylic oxidation sites excluding steroid dienone is 1. The molecule has 186 valence electrons. The van der Waals surface area contributed by atoms with Crippen molar-refractivity contribution in [3.05, 3.63) is 83.6 Å². The highest BCUT2D eigenvalue weighted by atomic mass is 16.7. The van der Waals surface area contributed by atoms with Crippen LogP contribution >= 0.6 is 0 Å². The van der Waals surface area contributed by atoms with E-state index in [0.717, 1.165) is 25.0 Å². The number of rotatable bonds is 7.